The Morgan fingerprint density at radius 1 is 0.962 bits per heavy atom. The van der Waals surface area contributed by atoms with Crippen LogP contribution >= 0.6 is 11.3 Å². The summed E-state index contributed by atoms with van der Waals surface area (Å²) < 4.78 is 30.1. The zero-order valence-electron chi connectivity index (χ0n) is 29.0. The van der Waals surface area contributed by atoms with E-state index in [1.165, 1.54) is 18.2 Å². The van der Waals surface area contributed by atoms with Gasteiger partial charge in [-0.15, -0.1) is 11.3 Å². The van der Waals surface area contributed by atoms with Gasteiger partial charge in [0.05, 0.1) is 66.5 Å². The quantitative estimate of drug-likeness (QED) is 0.0944. The van der Waals surface area contributed by atoms with Crippen LogP contribution in [0.5, 0.6) is 11.5 Å². The molecule has 2 aliphatic rings. The molecular formula is C37H39N5O10S. The number of amides is 5. The third-order valence-electron chi connectivity index (χ3n) is 8.52. The van der Waals surface area contributed by atoms with Crippen molar-refractivity contribution in [2.45, 2.75) is 25.0 Å². The van der Waals surface area contributed by atoms with Crippen LogP contribution in [0, 0.1) is 0 Å². The molecular weight excluding hydrogens is 706 g/mol. The molecule has 1 saturated heterocycles. The molecule has 53 heavy (non-hydrogen) atoms. The van der Waals surface area contributed by atoms with E-state index in [4.69, 9.17) is 23.7 Å². The Balaban J connectivity index is 0.852. The summed E-state index contributed by atoms with van der Waals surface area (Å²) in [5.74, 6) is -2.22. The molecule has 0 aliphatic carbocycles. The molecule has 278 valence electrons. The lowest BCUT2D eigenvalue weighted by molar-refractivity contribution is -0.136. The molecule has 1 fully saturated rings. The number of aromatic nitrogens is 1. The number of hydrogen-bond acceptors (Lipinski definition) is 13. The van der Waals surface area contributed by atoms with Crippen molar-refractivity contribution in [3.8, 4) is 11.5 Å². The summed E-state index contributed by atoms with van der Waals surface area (Å²) in [5.41, 5.74) is 4.76. The van der Waals surface area contributed by atoms with E-state index >= 15 is 0 Å². The number of carbonyl (C=O) groups is 5. The molecule has 0 spiro atoms. The van der Waals surface area contributed by atoms with Gasteiger partial charge in [0.2, 0.25) is 11.8 Å². The van der Waals surface area contributed by atoms with Gasteiger partial charge in [0.25, 0.3) is 17.7 Å². The minimum Gasteiger partial charge on any atom is -0.483 e. The van der Waals surface area contributed by atoms with E-state index in [-0.39, 0.29) is 49.0 Å². The van der Waals surface area contributed by atoms with Crippen molar-refractivity contribution < 1.29 is 47.7 Å². The summed E-state index contributed by atoms with van der Waals surface area (Å²) in [5, 5.41) is 7.95. The first-order chi connectivity index (χ1) is 25.8. The lowest BCUT2D eigenvalue weighted by atomic mass is 10.0. The van der Waals surface area contributed by atoms with Crippen LogP contribution in [-0.4, -0.2) is 105 Å². The first-order valence-electron chi connectivity index (χ1n) is 17.1. The maximum Gasteiger partial charge on any atom is 0.266 e. The fourth-order valence-electron chi connectivity index (χ4n) is 5.83. The number of rotatable bonds is 19. The van der Waals surface area contributed by atoms with E-state index in [0.717, 1.165) is 32.1 Å². The maximum absolute atomic E-state index is 13.2. The number of imide groups is 2. The van der Waals surface area contributed by atoms with Crippen LogP contribution in [0.4, 0.5) is 5.69 Å². The molecule has 3 aromatic carbocycles. The monoisotopic (exact) mass is 745 g/mol. The van der Waals surface area contributed by atoms with E-state index in [1.54, 1.807) is 11.3 Å². The lowest BCUT2D eigenvalue weighted by Gasteiger charge is -2.27. The highest BCUT2D eigenvalue weighted by Crippen LogP contribution is 2.34. The topological polar surface area (TPSA) is 184 Å². The Bertz CT molecular complexity index is 1950. The van der Waals surface area contributed by atoms with Gasteiger partial charge in [-0.25, -0.2) is 4.98 Å². The number of hydrogen-bond donors (Lipinski definition) is 3. The summed E-state index contributed by atoms with van der Waals surface area (Å²) in [6, 6.07) is 17.2. The largest absolute Gasteiger partial charge is 0.483 e. The maximum atomic E-state index is 13.2. The molecule has 0 bridgehead atoms. The van der Waals surface area contributed by atoms with Crippen LogP contribution in [0.15, 0.2) is 66.2 Å². The van der Waals surface area contributed by atoms with Gasteiger partial charge in [-0.05, 0) is 54.4 Å². The van der Waals surface area contributed by atoms with Gasteiger partial charge in [0.1, 0.15) is 23.6 Å². The fraction of sp³-hybridized carbons (Fsp3) is 0.351. The van der Waals surface area contributed by atoms with Crippen LogP contribution in [0.1, 0.15) is 45.2 Å². The van der Waals surface area contributed by atoms with Gasteiger partial charge >= 0.3 is 0 Å². The van der Waals surface area contributed by atoms with Gasteiger partial charge in [0, 0.05) is 25.7 Å². The molecule has 16 heteroatoms. The van der Waals surface area contributed by atoms with Gasteiger partial charge in [-0.3, -0.25) is 34.2 Å². The second-order valence-electron chi connectivity index (χ2n) is 12.0. The van der Waals surface area contributed by atoms with Crippen LogP contribution < -0.4 is 25.4 Å². The van der Waals surface area contributed by atoms with Gasteiger partial charge in [0.15, 0.2) is 6.61 Å². The Labute approximate surface area is 308 Å². The predicted molar refractivity (Wildman–Crippen MR) is 193 cm³/mol. The van der Waals surface area contributed by atoms with E-state index in [0.29, 0.717) is 33.0 Å². The number of anilines is 1. The molecule has 0 saturated carbocycles. The highest BCUT2D eigenvalue weighted by molar-refractivity contribution is 7.16. The molecule has 0 radical (unpaired) electrons. The highest BCUT2D eigenvalue weighted by Gasteiger charge is 2.46. The Morgan fingerprint density at radius 2 is 1.74 bits per heavy atom. The van der Waals surface area contributed by atoms with E-state index in [2.05, 4.69) is 20.9 Å². The summed E-state index contributed by atoms with van der Waals surface area (Å²) in [7, 11) is 1.87. The molecule has 6 rings (SSSR count). The van der Waals surface area contributed by atoms with Crippen LogP contribution in [0.25, 0.3) is 10.2 Å². The minimum atomic E-state index is -1.10. The van der Waals surface area contributed by atoms with Crippen molar-refractivity contribution in [3.05, 3.63) is 82.9 Å². The van der Waals surface area contributed by atoms with E-state index in [1.807, 2.05) is 55.0 Å². The number of thiazole rings is 1. The molecule has 3 heterocycles. The zero-order chi connectivity index (χ0) is 37.2. The zero-order valence-corrected chi connectivity index (χ0v) is 29.8. The number of piperidine rings is 1. The summed E-state index contributed by atoms with van der Waals surface area (Å²) >= 11 is 1.56. The van der Waals surface area contributed by atoms with Gasteiger partial charge < -0.3 is 34.3 Å². The number of carbonyl (C=O) groups excluding carboxylic acids is 5. The van der Waals surface area contributed by atoms with E-state index in [9.17, 15) is 24.0 Å². The lowest BCUT2D eigenvalue weighted by Crippen LogP contribution is -2.54. The van der Waals surface area contributed by atoms with Crippen molar-refractivity contribution in [2.75, 3.05) is 65.2 Å². The predicted octanol–water partition coefficient (Wildman–Crippen LogP) is 3.10. The number of nitrogens with zero attached hydrogens (tertiary/aromatic N) is 2. The van der Waals surface area contributed by atoms with Crippen LogP contribution in [0.3, 0.4) is 0 Å². The second kappa shape index (κ2) is 17.9. The third kappa shape index (κ3) is 9.34. The Morgan fingerprint density at radius 3 is 2.51 bits per heavy atom. The molecule has 2 atom stereocenters. The number of fused-ring (bicyclic) bond motifs is 2. The first-order valence-corrected chi connectivity index (χ1v) is 17.9. The number of ether oxygens (including phenoxy) is 5. The van der Waals surface area contributed by atoms with Crippen molar-refractivity contribution >= 4 is 56.8 Å². The SMILES string of the molecule is CNc1ccc(C(COCCOCCOCCNC(=O)COc2cccc3c2C(=O)N(C2CCC(=O)NC2=O)C3=O)Oc2ccc3ncsc3c2)cc1. The van der Waals surface area contributed by atoms with Crippen molar-refractivity contribution in [1.29, 1.82) is 0 Å². The third-order valence-corrected chi connectivity index (χ3v) is 9.31. The number of nitrogens with one attached hydrogen (secondary N) is 3. The average Bonchev–Trinajstić information content (AvgIpc) is 3.74. The smallest absolute Gasteiger partial charge is 0.266 e. The van der Waals surface area contributed by atoms with E-state index < -0.39 is 42.2 Å². The summed E-state index contributed by atoms with van der Waals surface area (Å²) in [6.45, 7) is 1.73. The number of benzene rings is 3. The van der Waals surface area contributed by atoms with Crippen molar-refractivity contribution in [2.24, 2.45) is 0 Å². The molecule has 4 aromatic rings. The molecule has 5 amide bonds. The molecule has 1 aromatic heterocycles. The van der Waals surface area contributed by atoms with Crippen molar-refractivity contribution in [1.82, 2.24) is 20.5 Å². The Kier molecular flexibility index (Phi) is 12.6. The average molecular weight is 746 g/mol. The van der Waals surface area contributed by atoms with Crippen molar-refractivity contribution in [3.63, 3.8) is 0 Å². The summed E-state index contributed by atoms with van der Waals surface area (Å²) in [6.07, 6.45) is -0.280. The van der Waals surface area contributed by atoms with Gasteiger partial charge in [-0.1, -0.05) is 18.2 Å². The normalized spacial score (nSPS) is 16.0. The second-order valence-corrected chi connectivity index (χ2v) is 12.9. The molecule has 15 nitrogen and oxygen atoms in total. The van der Waals surface area contributed by atoms with Gasteiger partial charge in [-0.2, -0.15) is 0 Å². The molecule has 3 N–H and O–H groups in total. The standard InChI is InChI=1S/C37H39N5O10S/c1-38-24-7-5-23(6-8-24)30(52-25-9-10-27-31(19-25)53-22-40-27)20-50-18-17-49-16-15-48-14-13-39-33(44)21-51-29-4-2-3-26-34(29)37(47)42(36(26)46)28-11-12-32(43)41-35(28)45/h2-10,19,22,28,30,38H,11-18,20-21H2,1H3,(H,39,44)(H,41,43,45). The first kappa shape index (κ1) is 37.3. The molecule has 2 aliphatic heterocycles. The van der Waals surface area contributed by atoms with Crippen LogP contribution in [0.2, 0.25) is 0 Å². The molecule has 2 unspecified atom stereocenters. The fourth-order valence-corrected chi connectivity index (χ4v) is 6.53. The Hall–Kier alpha value is -5.42. The summed E-state index contributed by atoms with van der Waals surface area (Å²) in [4.78, 5) is 67.6. The van der Waals surface area contributed by atoms with Crippen LogP contribution in [-0.2, 0) is 28.6 Å². The minimum absolute atomic E-state index is 0.0114. The highest BCUT2D eigenvalue weighted by atomic mass is 32.1.